The van der Waals surface area contributed by atoms with Gasteiger partial charge in [-0.25, -0.2) is 4.79 Å². The van der Waals surface area contributed by atoms with Crippen LogP contribution < -0.4 is 5.32 Å². The van der Waals surface area contributed by atoms with Crippen LogP contribution in [-0.2, 0) is 9.47 Å². The number of ether oxygens (including phenoxy) is 2. The molecule has 6 nitrogen and oxygen atoms in total. The first-order valence-electron chi connectivity index (χ1n) is 8.65. The van der Waals surface area contributed by atoms with Crippen molar-refractivity contribution >= 4 is 6.09 Å². The lowest BCUT2D eigenvalue weighted by Crippen LogP contribution is -2.51. The second-order valence-corrected chi connectivity index (χ2v) is 7.57. The van der Waals surface area contributed by atoms with Crippen molar-refractivity contribution < 1.29 is 14.3 Å². The van der Waals surface area contributed by atoms with Crippen molar-refractivity contribution in [2.24, 2.45) is 5.92 Å². The van der Waals surface area contributed by atoms with Gasteiger partial charge in [0.15, 0.2) is 0 Å². The van der Waals surface area contributed by atoms with E-state index < -0.39 is 5.60 Å². The van der Waals surface area contributed by atoms with Crippen molar-refractivity contribution in [3.63, 3.8) is 0 Å². The largest absolute Gasteiger partial charge is 0.444 e. The SMILES string of the molecule is COCC(NCCN1CCN(C(=O)OC(C)(C)C)CC1)C(C)C. The molecule has 136 valence electrons. The molecule has 0 saturated carbocycles. The number of amides is 1. The van der Waals surface area contributed by atoms with Crippen LogP contribution in [0.3, 0.4) is 0 Å². The number of hydrogen-bond acceptors (Lipinski definition) is 5. The minimum Gasteiger partial charge on any atom is -0.444 e. The van der Waals surface area contributed by atoms with Crippen LogP contribution >= 0.6 is 0 Å². The normalized spacial score (nSPS) is 18.3. The van der Waals surface area contributed by atoms with Gasteiger partial charge in [0, 0.05) is 52.4 Å². The van der Waals surface area contributed by atoms with E-state index in [1.54, 1.807) is 12.0 Å². The molecule has 23 heavy (non-hydrogen) atoms. The second kappa shape index (κ2) is 9.45. The Morgan fingerprint density at radius 3 is 2.26 bits per heavy atom. The van der Waals surface area contributed by atoms with Crippen LogP contribution in [0.15, 0.2) is 0 Å². The minimum absolute atomic E-state index is 0.199. The standard InChI is InChI=1S/C17H35N3O3/c1-14(2)15(13-22-6)18-7-8-19-9-11-20(12-10-19)16(21)23-17(3,4)5/h14-15,18H,7-13H2,1-6H3. The lowest BCUT2D eigenvalue weighted by Gasteiger charge is -2.36. The van der Waals surface area contributed by atoms with Crippen molar-refractivity contribution in [1.82, 2.24) is 15.1 Å². The lowest BCUT2D eigenvalue weighted by molar-refractivity contribution is 0.0145. The molecule has 0 spiro atoms. The van der Waals surface area contributed by atoms with Crippen molar-refractivity contribution in [2.75, 3.05) is 53.0 Å². The summed E-state index contributed by atoms with van der Waals surface area (Å²) in [4.78, 5) is 16.2. The molecule has 1 rings (SSSR count). The van der Waals surface area contributed by atoms with E-state index in [0.717, 1.165) is 45.9 Å². The highest BCUT2D eigenvalue weighted by Gasteiger charge is 2.25. The van der Waals surface area contributed by atoms with Crippen molar-refractivity contribution in [3.05, 3.63) is 0 Å². The second-order valence-electron chi connectivity index (χ2n) is 7.57. The zero-order valence-electron chi connectivity index (χ0n) is 15.7. The smallest absolute Gasteiger partial charge is 0.410 e. The molecule has 0 aromatic rings. The van der Waals surface area contributed by atoms with Crippen LogP contribution in [-0.4, -0.2) is 80.5 Å². The van der Waals surface area contributed by atoms with E-state index in [2.05, 4.69) is 24.1 Å². The number of carbonyl (C=O) groups excluding carboxylic acids is 1. The van der Waals surface area contributed by atoms with Crippen LogP contribution in [0, 0.1) is 5.92 Å². The zero-order valence-corrected chi connectivity index (χ0v) is 15.7. The molecular formula is C17H35N3O3. The van der Waals surface area contributed by atoms with E-state index >= 15 is 0 Å². The van der Waals surface area contributed by atoms with Crippen LogP contribution in [0.4, 0.5) is 4.79 Å². The maximum atomic E-state index is 12.0. The highest BCUT2D eigenvalue weighted by atomic mass is 16.6. The molecule has 1 heterocycles. The van der Waals surface area contributed by atoms with Crippen molar-refractivity contribution in [2.45, 2.75) is 46.3 Å². The minimum atomic E-state index is -0.425. The predicted octanol–water partition coefficient (Wildman–Crippen LogP) is 1.80. The molecule has 0 bridgehead atoms. The molecule has 6 heteroatoms. The van der Waals surface area contributed by atoms with Crippen LogP contribution in [0.25, 0.3) is 0 Å². The Morgan fingerprint density at radius 2 is 1.78 bits per heavy atom. The quantitative estimate of drug-likeness (QED) is 0.772. The summed E-state index contributed by atoms with van der Waals surface area (Å²) >= 11 is 0. The number of nitrogens with zero attached hydrogens (tertiary/aromatic N) is 2. The third-order valence-corrected chi connectivity index (χ3v) is 4.01. The maximum absolute atomic E-state index is 12.0. The molecule has 0 aliphatic carbocycles. The zero-order chi connectivity index (χ0) is 17.5. The topological polar surface area (TPSA) is 54.0 Å². The average molecular weight is 329 g/mol. The van der Waals surface area contributed by atoms with Gasteiger partial charge in [-0.3, -0.25) is 4.90 Å². The Balaban J connectivity index is 2.25. The number of carbonyl (C=O) groups is 1. The van der Waals surface area contributed by atoms with Gasteiger partial charge >= 0.3 is 6.09 Å². The van der Waals surface area contributed by atoms with Gasteiger partial charge in [0.2, 0.25) is 0 Å². The molecule has 1 aliphatic rings. The molecule has 0 radical (unpaired) electrons. The molecule has 1 amide bonds. The van der Waals surface area contributed by atoms with Crippen LogP contribution in [0.2, 0.25) is 0 Å². The van der Waals surface area contributed by atoms with Gasteiger partial charge < -0.3 is 19.7 Å². The summed E-state index contributed by atoms with van der Waals surface area (Å²) in [7, 11) is 1.74. The highest BCUT2D eigenvalue weighted by Crippen LogP contribution is 2.11. The maximum Gasteiger partial charge on any atom is 0.410 e. The Morgan fingerprint density at radius 1 is 1.17 bits per heavy atom. The number of rotatable bonds is 7. The van der Waals surface area contributed by atoms with E-state index in [9.17, 15) is 4.79 Å². The summed E-state index contributed by atoms with van der Waals surface area (Å²) in [5.41, 5.74) is -0.425. The van der Waals surface area contributed by atoms with Gasteiger partial charge in [-0.05, 0) is 26.7 Å². The van der Waals surface area contributed by atoms with E-state index in [-0.39, 0.29) is 6.09 Å². The fourth-order valence-electron chi connectivity index (χ4n) is 2.56. The molecule has 1 atom stereocenters. The number of hydrogen-bond donors (Lipinski definition) is 1. The first-order chi connectivity index (χ1) is 10.7. The van der Waals surface area contributed by atoms with E-state index in [0.29, 0.717) is 12.0 Å². The van der Waals surface area contributed by atoms with Gasteiger partial charge in [-0.2, -0.15) is 0 Å². The third-order valence-electron chi connectivity index (χ3n) is 4.01. The summed E-state index contributed by atoms with van der Waals surface area (Å²) in [5, 5.41) is 3.56. The predicted molar refractivity (Wildman–Crippen MR) is 92.8 cm³/mol. The third kappa shape index (κ3) is 7.99. The molecule has 1 saturated heterocycles. The Hall–Kier alpha value is -0.850. The average Bonchev–Trinajstić information content (AvgIpc) is 2.45. The lowest BCUT2D eigenvalue weighted by atomic mass is 10.1. The monoisotopic (exact) mass is 329 g/mol. The summed E-state index contributed by atoms with van der Waals surface area (Å²) in [6.45, 7) is 16.1. The van der Waals surface area contributed by atoms with Crippen molar-refractivity contribution in [1.29, 1.82) is 0 Å². The van der Waals surface area contributed by atoms with Gasteiger partial charge in [-0.15, -0.1) is 0 Å². The summed E-state index contributed by atoms with van der Waals surface area (Å²) in [6, 6.07) is 0.392. The van der Waals surface area contributed by atoms with E-state index in [1.807, 2.05) is 20.8 Å². The molecule has 1 aliphatic heterocycles. The van der Waals surface area contributed by atoms with Gasteiger partial charge in [0.25, 0.3) is 0 Å². The van der Waals surface area contributed by atoms with Crippen LogP contribution in [0.5, 0.6) is 0 Å². The van der Waals surface area contributed by atoms with Gasteiger partial charge in [-0.1, -0.05) is 13.8 Å². The highest BCUT2D eigenvalue weighted by molar-refractivity contribution is 5.68. The Bertz CT molecular complexity index is 347. The molecule has 1 N–H and O–H groups in total. The van der Waals surface area contributed by atoms with E-state index in [4.69, 9.17) is 9.47 Å². The number of piperazine rings is 1. The Kier molecular flexibility index (Phi) is 8.29. The first-order valence-corrected chi connectivity index (χ1v) is 8.65. The molecule has 1 unspecified atom stereocenters. The summed E-state index contributed by atoms with van der Waals surface area (Å²) in [6.07, 6.45) is -0.199. The summed E-state index contributed by atoms with van der Waals surface area (Å²) in [5.74, 6) is 0.555. The van der Waals surface area contributed by atoms with E-state index in [1.165, 1.54) is 0 Å². The van der Waals surface area contributed by atoms with Gasteiger partial charge in [0.1, 0.15) is 5.60 Å². The van der Waals surface area contributed by atoms with Crippen molar-refractivity contribution in [3.8, 4) is 0 Å². The molecule has 1 fully saturated rings. The number of methoxy groups -OCH3 is 1. The fraction of sp³-hybridized carbons (Fsp3) is 0.941. The summed E-state index contributed by atoms with van der Waals surface area (Å²) < 4.78 is 10.7. The van der Waals surface area contributed by atoms with Gasteiger partial charge in [0.05, 0.1) is 6.61 Å². The Labute approximate surface area is 141 Å². The molecule has 0 aromatic heterocycles. The molecular weight excluding hydrogens is 294 g/mol. The first kappa shape index (κ1) is 20.2. The molecule has 0 aromatic carbocycles. The number of nitrogens with one attached hydrogen (secondary N) is 1. The van der Waals surface area contributed by atoms with Crippen LogP contribution in [0.1, 0.15) is 34.6 Å². The fourth-order valence-corrected chi connectivity index (χ4v) is 2.56.